The third-order valence-corrected chi connectivity index (χ3v) is 4.01. The first kappa shape index (κ1) is 13.6. The van der Waals surface area contributed by atoms with E-state index in [0.29, 0.717) is 12.1 Å². The van der Waals surface area contributed by atoms with Gasteiger partial charge in [-0.3, -0.25) is 4.90 Å². The van der Waals surface area contributed by atoms with Crippen LogP contribution in [0.15, 0.2) is 12.4 Å². The number of hydrogen-bond acceptors (Lipinski definition) is 3. The van der Waals surface area contributed by atoms with E-state index in [1.54, 1.807) is 0 Å². The lowest BCUT2D eigenvalue weighted by Crippen LogP contribution is -2.45. The Balaban J connectivity index is 1.91. The minimum Gasteiger partial charge on any atom is -0.337 e. The van der Waals surface area contributed by atoms with Crippen LogP contribution in [-0.4, -0.2) is 40.1 Å². The number of aromatic nitrogens is 2. The van der Waals surface area contributed by atoms with Gasteiger partial charge in [0.1, 0.15) is 5.82 Å². The molecule has 4 nitrogen and oxygen atoms in total. The predicted octanol–water partition coefficient (Wildman–Crippen LogP) is 1.77. The molecule has 0 spiro atoms. The van der Waals surface area contributed by atoms with Crippen molar-refractivity contribution in [1.29, 1.82) is 0 Å². The zero-order valence-corrected chi connectivity index (χ0v) is 11.9. The highest BCUT2D eigenvalue weighted by molar-refractivity contribution is 4.95. The second-order valence-electron chi connectivity index (χ2n) is 5.43. The zero-order valence-electron chi connectivity index (χ0n) is 11.9. The molecule has 4 heteroatoms. The summed E-state index contributed by atoms with van der Waals surface area (Å²) in [6.45, 7) is 4.31. The van der Waals surface area contributed by atoms with Crippen LogP contribution in [0.4, 0.5) is 0 Å². The van der Waals surface area contributed by atoms with Gasteiger partial charge in [-0.2, -0.15) is 0 Å². The number of likely N-dealkylation sites (N-methyl/N-ethyl adjacent to an activating group) is 1. The Morgan fingerprint density at radius 2 is 2.33 bits per heavy atom. The SMILES string of the molecule is CCCNC1CCCC1N(C)Cc1nccn1C. The molecule has 2 rings (SSSR count). The number of aryl methyl sites for hydroxylation is 1. The first-order valence-corrected chi connectivity index (χ1v) is 7.12. The van der Waals surface area contributed by atoms with Crippen molar-refractivity contribution >= 4 is 0 Å². The molecule has 0 amide bonds. The van der Waals surface area contributed by atoms with Gasteiger partial charge in [-0.05, 0) is 32.9 Å². The van der Waals surface area contributed by atoms with Crippen molar-refractivity contribution in [2.75, 3.05) is 13.6 Å². The van der Waals surface area contributed by atoms with Crippen LogP contribution in [0.5, 0.6) is 0 Å². The van der Waals surface area contributed by atoms with Crippen LogP contribution in [0, 0.1) is 0 Å². The maximum absolute atomic E-state index is 4.42. The number of nitrogens with one attached hydrogen (secondary N) is 1. The maximum Gasteiger partial charge on any atom is 0.122 e. The molecule has 1 saturated carbocycles. The first-order chi connectivity index (χ1) is 8.72. The van der Waals surface area contributed by atoms with Crippen molar-refractivity contribution in [3.8, 4) is 0 Å². The predicted molar refractivity (Wildman–Crippen MR) is 74.4 cm³/mol. The Morgan fingerprint density at radius 3 is 3.00 bits per heavy atom. The molecular weight excluding hydrogens is 224 g/mol. The maximum atomic E-state index is 4.42. The molecule has 0 radical (unpaired) electrons. The van der Waals surface area contributed by atoms with Crippen molar-refractivity contribution < 1.29 is 0 Å². The van der Waals surface area contributed by atoms with Gasteiger partial charge < -0.3 is 9.88 Å². The van der Waals surface area contributed by atoms with Crippen LogP contribution in [0.2, 0.25) is 0 Å². The fourth-order valence-corrected chi connectivity index (χ4v) is 2.93. The standard InChI is InChI=1S/C14H26N4/c1-4-8-15-12-6-5-7-13(12)18(3)11-14-16-9-10-17(14)2/h9-10,12-13,15H,4-8,11H2,1-3H3. The van der Waals surface area contributed by atoms with Crippen LogP contribution in [-0.2, 0) is 13.6 Å². The van der Waals surface area contributed by atoms with E-state index in [4.69, 9.17) is 0 Å². The van der Waals surface area contributed by atoms with Crippen LogP contribution in [0.25, 0.3) is 0 Å². The molecule has 0 aromatic carbocycles. The minimum absolute atomic E-state index is 0.660. The van der Waals surface area contributed by atoms with Crippen molar-refractivity contribution in [3.63, 3.8) is 0 Å². The van der Waals surface area contributed by atoms with Crippen LogP contribution in [0.1, 0.15) is 38.4 Å². The lowest BCUT2D eigenvalue weighted by atomic mass is 10.1. The zero-order chi connectivity index (χ0) is 13.0. The molecule has 102 valence electrons. The van der Waals surface area contributed by atoms with Gasteiger partial charge in [0.05, 0.1) is 6.54 Å². The summed E-state index contributed by atoms with van der Waals surface area (Å²) in [5.41, 5.74) is 0. The number of imidazole rings is 1. The molecule has 1 aliphatic rings. The quantitative estimate of drug-likeness (QED) is 0.835. The molecule has 0 bridgehead atoms. The van der Waals surface area contributed by atoms with E-state index in [0.717, 1.165) is 18.9 Å². The summed E-state index contributed by atoms with van der Waals surface area (Å²) in [6, 6.07) is 1.32. The van der Waals surface area contributed by atoms with Gasteiger partial charge in [-0.1, -0.05) is 13.3 Å². The number of nitrogens with zero attached hydrogens (tertiary/aromatic N) is 3. The number of hydrogen-bond donors (Lipinski definition) is 1. The highest BCUT2D eigenvalue weighted by atomic mass is 15.2. The van der Waals surface area contributed by atoms with Crippen molar-refractivity contribution in [2.24, 2.45) is 7.05 Å². The largest absolute Gasteiger partial charge is 0.337 e. The molecule has 2 unspecified atom stereocenters. The lowest BCUT2D eigenvalue weighted by molar-refractivity contribution is 0.198. The summed E-state index contributed by atoms with van der Waals surface area (Å²) in [7, 11) is 4.29. The van der Waals surface area contributed by atoms with E-state index >= 15 is 0 Å². The summed E-state index contributed by atoms with van der Waals surface area (Å²) in [6.07, 6.45) is 9.08. The summed E-state index contributed by atoms with van der Waals surface area (Å²) in [5.74, 6) is 1.15. The normalized spacial score (nSPS) is 24.0. The molecular formula is C14H26N4. The summed E-state index contributed by atoms with van der Waals surface area (Å²) in [5, 5.41) is 3.69. The molecule has 1 N–H and O–H groups in total. The second-order valence-corrected chi connectivity index (χ2v) is 5.43. The lowest BCUT2D eigenvalue weighted by Gasteiger charge is -2.30. The fourth-order valence-electron chi connectivity index (χ4n) is 2.93. The molecule has 1 heterocycles. The molecule has 0 aliphatic heterocycles. The molecule has 1 aromatic heterocycles. The third-order valence-electron chi connectivity index (χ3n) is 4.01. The van der Waals surface area contributed by atoms with Crippen LogP contribution < -0.4 is 5.32 Å². The van der Waals surface area contributed by atoms with Gasteiger partial charge in [0.15, 0.2) is 0 Å². The van der Waals surface area contributed by atoms with Crippen LogP contribution in [0.3, 0.4) is 0 Å². The van der Waals surface area contributed by atoms with Gasteiger partial charge in [-0.25, -0.2) is 4.98 Å². The molecule has 1 aromatic rings. The smallest absolute Gasteiger partial charge is 0.122 e. The van der Waals surface area contributed by atoms with Gasteiger partial charge >= 0.3 is 0 Å². The molecule has 0 saturated heterocycles. The Hall–Kier alpha value is -0.870. The average Bonchev–Trinajstić information content (AvgIpc) is 2.96. The Labute approximate surface area is 110 Å². The van der Waals surface area contributed by atoms with Gasteiger partial charge in [0.25, 0.3) is 0 Å². The summed E-state index contributed by atoms with van der Waals surface area (Å²) >= 11 is 0. The molecule has 1 fully saturated rings. The van der Waals surface area contributed by atoms with E-state index in [-0.39, 0.29) is 0 Å². The Morgan fingerprint density at radius 1 is 1.50 bits per heavy atom. The number of rotatable bonds is 6. The van der Waals surface area contributed by atoms with Gasteiger partial charge in [0.2, 0.25) is 0 Å². The van der Waals surface area contributed by atoms with Crippen molar-refractivity contribution in [2.45, 2.75) is 51.2 Å². The van der Waals surface area contributed by atoms with E-state index < -0.39 is 0 Å². The third kappa shape index (κ3) is 3.12. The van der Waals surface area contributed by atoms with E-state index in [9.17, 15) is 0 Å². The topological polar surface area (TPSA) is 33.1 Å². The molecule has 1 aliphatic carbocycles. The Bertz CT molecular complexity index is 360. The molecule has 2 atom stereocenters. The monoisotopic (exact) mass is 250 g/mol. The highest BCUT2D eigenvalue weighted by Crippen LogP contribution is 2.24. The Kier molecular flexibility index (Phi) is 4.78. The summed E-state index contributed by atoms with van der Waals surface area (Å²) in [4.78, 5) is 6.88. The fraction of sp³-hybridized carbons (Fsp3) is 0.786. The van der Waals surface area contributed by atoms with Crippen LogP contribution >= 0.6 is 0 Å². The second kappa shape index (κ2) is 6.34. The highest BCUT2D eigenvalue weighted by Gasteiger charge is 2.30. The first-order valence-electron chi connectivity index (χ1n) is 7.12. The van der Waals surface area contributed by atoms with E-state index in [2.05, 4.69) is 40.8 Å². The van der Waals surface area contributed by atoms with E-state index in [1.807, 2.05) is 12.4 Å². The van der Waals surface area contributed by atoms with Gasteiger partial charge in [-0.15, -0.1) is 0 Å². The van der Waals surface area contributed by atoms with Crippen molar-refractivity contribution in [3.05, 3.63) is 18.2 Å². The average molecular weight is 250 g/mol. The van der Waals surface area contributed by atoms with Crippen molar-refractivity contribution in [1.82, 2.24) is 19.8 Å². The van der Waals surface area contributed by atoms with Gasteiger partial charge in [0, 0.05) is 31.5 Å². The van der Waals surface area contributed by atoms with E-state index in [1.165, 1.54) is 25.7 Å². The summed E-state index contributed by atoms with van der Waals surface area (Å²) < 4.78 is 2.11. The molecule has 18 heavy (non-hydrogen) atoms. The minimum atomic E-state index is 0.660.